The van der Waals surface area contributed by atoms with Crippen LogP contribution in [0.1, 0.15) is 85.2 Å². The van der Waals surface area contributed by atoms with Crippen molar-refractivity contribution in [2.24, 2.45) is 4.99 Å². The molecule has 0 fully saturated rings. The predicted octanol–water partition coefficient (Wildman–Crippen LogP) is 8.75. The van der Waals surface area contributed by atoms with Crippen LogP contribution in [0.3, 0.4) is 0 Å². The van der Waals surface area contributed by atoms with Crippen molar-refractivity contribution in [3.63, 3.8) is 0 Å². The number of aromatic nitrogens is 1. The van der Waals surface area contributed by atoms with Crippen LogP contribution in [0.5, 0.6) is 5.88 Å². The maximum atomic E-state index is 13.6. The number of nitrogens with two attached hydrogens (primary N) is 2. The van der Waals surface area contributed by atoms with E-state index in [-0.39, 0.29) is 84.9 Å². The molecule has 10 nitrogen and oxygen atoms in total. The number of aromatic amines is 1. The summed E-state index contributed by atoms with van der Waals surface area (Å²) in [5.41, 5.74) is 18.1. The van der Waals surface area contributed by atoms with Gasteiger partial charge >= 0.3 is 0 Å². The summed E-state index contributed by atoms with van der Waals surface area (Å²) in [5, 5.41) is 11.5. The van der Waals surface area contributed by atoms with Crippen LogP contribution in [-0.4, -0.2) is 44.8 Å². The summed E-state index contributed by atoms with van der Waals surface area (Å²) in [6, 6.07) is 33.4. The third kappa shape index (κ3) is 5.57. The first-order valence-electron chi connectivity index (χ1n) is 17.8. The Bertz CT molecular complexity index is 2920. The van der Waals surface area contributed by atoms with E-state index in [9.17, 15) is 29.1 Å². The Kier molecular flexibility index (Phi) is 8.54. The predicted molar refractivity (Wildman–Crippen MR) is 222 cm³/mol. The zero-order chi connectivity index (χ0) is 40.6. The molecule has 0 atom stereocenters. The standard InChI is InChI=1S/C28H16N2O4.C18H10Cl2N2O2/c29-19-11-9-13(21-23(19)27(33)17-7-3-1-5-15(17)25(21)31)14-10-12-20(30)24-22(14)26(32)16-6-2-4-8-18(16)28(24)34;19-11-5-1-9(2-6-11)15-13-14(18(24)21-15)16(22-17(13)23)10-3-7-12(20)8-4-10/h1-12H,29-30H2;1-8,21,24H. The highest BCUT2D eigenvalue weighted by atomic mass is 35.5. The molecule has 0 radical (unpaired) electrons. The zero-order valence-electron chi connectivity index (χ0n) is 29.9. The van der Waals surface area contributed by atoms with Gasteiger partial charge in [0.05, 0.1) is 33.7 Å². The molecule has 1 amide bonds. The van der Waals surface area contributed by atoms with Crippen molar-refractivity contribution >= 4 is 69.3 Å². The highest BCUT2D eigenvalue weighted by Gasteiger charge is 2.38. The summed E-state index contributed by atoms with van der Waals surface area (Å²) >= 11 is 11.8. The van der Waals surface area contributed by atoms with Gasteiger partial charge in [0.25, 0.3) is 5.91 Å². The molecule has 12 heteroatoms. The molecular weight excluding hydrogens is 775 g/mol. The molecule has 0 saturated carbocycles. The van der Waals surface area contributed by atoms with Crippen molar-refractivity contribution in [1.82, 2.24) is 4.98 Å². The first-order valence-corrected chi connectivity index (χ1v) is 18.5. The molecule has 6 aromatic carbocycles. The van der Waals surface area contributed by atoms with E-state index < -0.39 is 5.91 Å². The van der Waals surface area contributed by atoms with Crippen molar-refractivity contribution in [2.75, 3.05) is 11.5 Å². The topological polar surface area (TPSA) is 186 Å². The highest BCUT2D eigenvalue weighted by Crippen LogP contribution is 2.43. The fraction of sp³-hybridized carbons (Fsp3) is 0. The molecule has 6 N–H and O–H groups in total. The number of nitrogens with zero attached hydrogens (tertiary/aromatic N) is 1. The number of nitrogens with one attached hydrogen (secondary N) is 1. The van der Waals surface area contributed by atoms with Gasteiger partial charge in [-0.1, -0.05) is 108 Å². The number of fused-ring (bicyclic) bond motifs is 5. The van der Waals surface area contributed by atoms with Gasteiger partial charge in [-0.3, -0.25) is 24.0 Å². The molecule has 2 heterocycles. The minimum absolute atomic E-state index is 0.0884. The number of anilines is 2. The number of aliphatic imine (C=N–C) groups is 1. The SMILES string of the molecule is Nc1ccc(-c2ccc(N)c3c2C(=O)c2ccccc2C3=O)c2c1C(=O)c1ccccc1C2=O.O=C1N=C(c2ccc(Cl)cc2)c2c(O)[nH]c(-c3ccc(Cl)cc3)c21. The van der Waals surface area contributed by atoms with E-state index in [1.54, 1.807) is 121 Å². The van der Waals surface area contributed by atoms with E-state index in [1.165, 1.54) is 0 Å². The Morgan fingerprint density at radius 1 is 0.448 bits per heavy atom. The number of aromatic hydroxyl groups is 1. The fourth-order valence-corrected chi connectivity index (χ4v) is 7.99. The second kappa shape index (κ2) is 13.7. The van der Waals surface area contributed by atoms with Gasteiger partial charge in [0.1, 0.15) is 0 Å². The Hall–Kier alpha value is -7.40. The number of carbonyl (C=O) groups excluding carboxylic acids is 5. The Labute approximate surface area is 339 Å². The second-order valence-electron chi connectivity index (χ2n) is 13.7. The molecule has 2 aliphatic carbocycles. The monoisotopic (exact) mass is 800 g/mol. The molecular formula is C46H26Cl2N4O6. The number of rotatable bonds is 3. The van der Waals surface area contributed by atoms with Gasteiger partial charge in [0.15, 0.2) is 29.0 Å². The van der Waals surface area contributed by atoms with Gasteiger partial charge in [0, 0.05) is 60.4 Å². The Morgan fingerprint density at radius 3 is 1.28 bits per heavy atom. The molecule has 0 saturated heterocycles. The summed E-state index contributed by atoms with van der Waals surface area (Å²) in [4.78, 5) is 73.2. The summed E-state index contributed by atoms with van der Waals surface area (Å²) in [5.74, 6) is -1.93. The summed E-state index contributed by atoms with van der Waals surface area (Å²) in [6.45, 7) is 0. The average Bonchev–Trinajstić information content (AvgIpc) is 3.76. The molecule has 0 spiro atoms. The highest BCUT2D eigenvalue weighted by molar-refractivity contribution is 6.35. The quantitative estimate of drug-likeness (QED) is 0.128. The Balaban J connectivity index is 0.000000160. The summed E-state index contributed by atoms with van der Waals surface area (Å²) in [6.07, 6.45) is 0. The molecule has 1 aromatic heterocycles. The van der Waals surface area contributed by atoms with Crippen LogP contribution < -0.4 is 11.5 Å². The number of H-pyrrole nitrogens is 1. The number of nitrogen functional groups attached to an aromatic ring is 2. The number of carbonyl (C=O) groups is 5. The minimum atomic E-state index is -0.392. The average molecular weight is 802 g/mol. The van der Waals surface area contributed by atoms with Gasteiger partial charge in [-0.05, 0) is 53.1 Å². The normalized spacial score (nSPS) is 13.5. The lowest BCUT2D eigenvalue weighted by molar-refractivity contribution is 0.0978. The molecule has 7 aromatic rings. The Morgan fingerprint density at radius 2 is 0.845 bits per heavy atom. The first kappa shape index (κ1) is 36.3. The van der Waals surface area contributed by atoms with Crippen LogP contribution in [0.15, 0.2) is 126 Å². The van der Waals surface area contributed by atoms with E-state index in [1.807, 2.05) is 0 Å². The number of hydrogen-bond donors (Lipinski definition) is 4. The molecule has 280 valence electrons. The molecule has 1 aliphatic heterocycles. The van der Waals surface area contributed by atoms with E-state index >= 15 is 0 Å². The number of benzene rings is 6. The molecule has 0 unspecified atom stereocenters. The number of halogens is 2. The van der Waals surface area contributed by atoms with Gasteiger partial charge < -0.3 is 21.6 Å². The zero-order valence-corrected chi connectivity index (χ0v) is 31.4. The maximum Gasteiger partial charge on any atom is 0.280 e. The van der Waals surface area contributed by atoms with Crippen molar-refractivity contribution in [1.29, 1.82) is 0 Å². The minimum Gasteiger partial charge on any atom is -0.494 e. The molecule has 10 rings (SSSR count). The van der Waals surface area contributed by atoms with E-state index in [2.05, 4.69) is 9.98 Å². The van der Waals surface area contributed by atoms with Gasteiger partial charge in [-0.2, -0.15) is 0 Å². The van der Waals surface area contributed by atoms with Gasteiger partial charge in [-0.15, -0.1) is 0 Å². The number of hydrogen-bond acceptors (Lipinski definition) is 8. The van der Waals surface area contributed by atoms with Crippen molar-refractivity contribution < 1.29 is 29.1 Å². The van der Waals surface area contributed by atoms with Crippen molar-refractivity contribution in [3.05, 3.63) is 193 Å². The molecule has 3 aliphatic rings. The molecule has 58 heavy (non-hydrogen) atoms. The van der Waals surface area contributed by atoms with E-state index in [4.69, 9.17) is 34.7 Å². The summed E-state index contributed by atoms with van der Waals surface area (Å²) in [7, 11) is 0. The van der Waals surface area contributed by atoms with Gasteiger partial charge in [-0.25, -0.2) is 4.99 Å². The molecule has 0 bridgehead atoms. The lowest BCUT2D eigenvalue weighted by atomic mass is 9.76. The van der Waals surface area contributed by atoms with Crippen molar-refractivity contribution in [2.45, 2.75) is 0 Å². The van der Waals surface area contributed by atoms with E-state index in [0.29, 0.717) is 49.3 Å². The third-order valence-electron chi connectivity index (χ3n) is 10.4. The second-order valence-corrected chi connectivity index (χ2v) is 14.6. The fourth-order valence-electron chi connectivity index (χ4n) is 7.74. The maximum absolute atomic E-state index is 13.6. The number of amides is 1. The van der Waals surface area contributed by atoms with Crippen LogP contribution >= 0.6 is 23.2 Å². The largest absolute Gasteiger partial charge is 0.494 e. The van der Waals surface area contributed by atoms with Crippen molar-refractivity contribution in [3.8, 4) is 28.3 Å². The van der Waals surface area contributed by atoms with Crippen LogP contribution in [0, 0.1) is 0 Å². The van der Waals surface area contributed by atoms with Crippen LogP contribution in [0.4, 0.5) is 11.4 Å². The van der Waals surface area contributed by atoms with E-state index in [0.717, 1.165) is 5.56 Å². The smallest absolute Gasteiger partial charge is 0.280 e. The van der Waals surface area contributed by atoms with Gasteiger partial charge in [0.2, 0.25) is 0 Å². The number of ketones is 4. The van der Waals surface area contributed by atoms with Crippen LogP contribution in [0.2, 0.25) is 10.0 Å². The first-order chi connectivity index (χ1) is 27.9. The lowest BCUT2D eigenvalue weighted by Gasteiger charge is -2.25. The van der Waals surface area contributed by atoms with Crippen LogP contribution in [0.25, 0.3) is 22.4 Å². The third-order valence-corrected chi connectivity index (χ3v) is 10.9. The van der Waals surface area contributed by atoms with Crippen LogP contribution in [-0.2, 0) is 0 Å². The summed E-state index contributed by atoms with van der Waals surface area (Å²) < 4.78 is 0. The lowest BCUT2D eigenvalue weighted by Crippen LogP contribution is -2.25.